The molecule has 5 heterocycles. The third kappa shape index (κ3) is 5.78. The first kappa shape index (κ1) is 29.0. The van der Waals surface area contributed by atoms with E-state index in [9.17, 15) is 21.6 Å². The monoisotopic (exact) mass is 642 g/mol. The first-order valence-corrected chi connectivity index (χ1v) is 17.6. The largest absolute Gasteiger partial charge is 0.379 e. The molecule has 3 aliphatic rings. The molecule has 2 saturated heterocycles. The maximum absolute atomic E-state index is 13.8. The summed E-state index contributed by atoms with van der Waals surface area (Å²) in [6.45, 7) is 3.56. The van der Waals surface area contributed by atoms with Crippen LogP contribution in [0.4, 0.5) is 0 Å². The van der Waals surface area contributed by atoms with E-state index >= 15 is 0 Å². The van der Waals surface area contributed by atoms with Crippen molar-refractivity contribution in [3.05, 3.63) is 44.9 Å². The van der Waals surface area contributed by atoms with Gasteiger partial charge in [-0.05, 0) is 31.2 Å². The summed E-state index contributed by atoms with van der Waals surface area (Å²) in [4.78, 5) is 23.8. The summed E-state index contributed by atoms with van der Waals surface area (Å²) >= 11 is 7.39. The smallest absolute Gasteiger partial charge is 0.283 e. The molecular formula is C25H31ClN6O6S3. The molecule has 2 fully saturated rings. The second-order valence-corrected chi connectivity index (χ2v) is 16.0. The van der Waals surface area contributed by atoms with Crippen LogP contribution in [-0.2, 0) is 37.7 Å². The fraction of sp³-hybridized carbons (Fsp3) is 0.520. The van der Waals surface area contributed by atoms with E-state index in [1.807, 2.05) is 0 Å². The molecular weight excluding hydrogens is 612 g/mol. The first-order chi connectivity index (χ1) is 19.5. The number of carbonyl (C=O) groups excluding carboxylic acids is 1. The molecule has 2 unspecified atom stereocenters. The Balaban J connectivity index is 1.29. The van der Waals surface area contributed by atoms with Crippen molar-refractivity contribution in [2.24, 2.45) is 0 Å². The third-order valence-corrected chi connectivity index (χ3v) is 12.8. The number of H-pyrrole nitrogens is 1. The Morgan fingerprint density at radius 3 is 2.68 bits per heavy atom. The average Bonchev–Trinajstić information content (AvgIpc) is 3.57. The number of hydrogen-bond acceptors (Lipinski definition) is 9. The molecule has 16 heteroatoms. The van der Waals surface area contributed by atoms with E-state index in [2.05, 4.69) is 22.2 Å². The van der Waals surface area contributed by atoms with E-state index in [1.165, 1.54) is 30.9 Å². The highest BCUT2D eigenvalue weighted by molar-refractivity contribution is 7.89. The molecule has 0 aliphatic carbocycles. The van der Waals surface area contributed by atoms with Crippen LogP contribution in [-0.4, -0.2) is 110 Å². The molecule has 0 radical (unpaired) electrons. The molecule has 3 aliphatic heterocycles. The van der Waals surface area contributed by atoms with E-state index < -0.39 is 31.8 Å². The number of halogens is 1. The van der Waals surface area contributed by atoms with Crippen molar-refractivity contribution in [2.45, 2.75) is 37.0 Å². The van der Waals surface area contributed by atoms with Crippen LogP contribution in [0.1, 0.15) is 27.3 Å². The van der Waals surface area contributed by atoms with Crippen LogP contribution in [0.2, 0.25) is 5.02 Å². The standard InChI is InChI=1S/C25H31ClN6O6S3/c1-16-10-21-22(13-27-16)39-24(29-21)25(33)32-5-4-31(14-19(32)15-40(34,35)30-6-8-38-9-7-30)41(36,37)23-12-17-11-18(26)2-3-20(17)28-23/h2-3,11-12,16,19,27-28H,4-10,13-15H2,1H3. The number of amides is 1. The lowest BCUT2D eigenvalue weighted by Gasteiger charge is -2.41. The number of fused-ring (bicyclic) bond motifs is 2. The molecule has 6 rings (SSSR count). The van der Waals surface area contributed by atoms with Crippen LogP contribution in [0.5, 0.6) is 0 Å². The molecule has 12 nitrogen and oxygen atoms in total. The maximum atomic E-state index is 13.8. The van der Waals surface area contributed by atoms with Crippen LogP contribution in [0.15, 0.2) is 29.3 Å². The Hall–Kier alpha value is -2.11. The Morgan fingerprint density at radius 2 is 1.90 bits per heavy atom. The van der Waals surface area contributed by atoms with Gasteiger partial charge >= 0.3 is 0 Å². The number of morpholine rings is 1. The van der Waals surface area contributed by atoms with Crippen molar-refractivity contribution in [3.8, 4) is 0 Å². The van der Waals surface area contributed by atoms with Crippen LogP contribution in [0.25, 0.3) is 10.9 Å². The van der Waals surface area contributed by atoms with Gasteiger partial charge in [-0.3, -0.25) is 4.79 Å². The number of nitrogens with zero attached hydrogens (tertiary/aromatic N) is 4. The number of piperazine rings is 1. The first-order valence-electron chi connectivity index (χ1n) is 13.4. The van der Waals surface area contributed by atoms with Gasteiger partial charge in [0, 0.05) is 72.5 Å². The zero-order valence-corrected chi connectivity index (χ0v) is 25.6. The predicted molar refractivity (Wildman–Crippen MR) is 155 cm³/mol. The number of nitrogens with one attached hydrogen (secondary N) is 2. The second kappa shape index (κ2) is 11.2. The fourth-order valence-electron chi connectivity index (χ4n) is 5.51. The molecule has 1 aromatic carbocycles. The molecule has 0 bridgehead atoms. The van der Waals surface area contributed by atoms with E-state index in [4.69, 9.17) is 16.3 Å². The Bertz CT molecular complexity index is 1680. The Labute approximate surface area is 247 Å². The van der Waals surface area contributed by atoms with E-state index in [0.29, 0.717) is 33.9 Å². The van der Waals surface area contributed by atoms with Gasteiger partial charge in [-0.2, -0.15) is 8.61 Å². The molecule has 222 valence electrons. The number of ether oxygens (including phenoxy) is 1. The maximum Gasteiger partial charge on any atom is 0.283 e. The number of thiazole rings is 1. The van der Waals surface area contributed by atoms with Gasteiger partial charge in [0.25, 0.3) is 15.9 Å². The lowest BCUT2D eigenvalue weighted by Crippen LogP contribution is -2.59. The third-order valence-electron chi connectivity index (χ3n) is 7.72. The van der Waals surface area contributed by atoms with Crippen molar-refractivity contribution in [1.82, 2.24) is 28.8 Å². The van der Waals surface area contributed by atoms with Gasteiger partial charge in [-0.1, -0.05) is 11.6 Å². The zero-order chi connectivity index (χ0) is 28.9. The minimum Gasteiger partial charge on any atom is -0.379 e. The minimum atomic E-state index is -4.03. The SMILES string of the molecule is CC1Cc2nc(C(=O)N3CCN(S(=O)(=O)c4cc5cc(Cl)ccc5[nH]4)CC3CS(=O)(=O)N3CCOCC3)sc2CN1. The van der Waals surface area contributed by atoms with Crippen molar-refractivity contribution >= 4 is 59.8 Å². The predicted octanol–water partition coefficient (Wildman–Crippen LogP) is 1.49. The van der Waals surface area contributed by atoms with Gasteiger partial charge in [-0.25, -0.2) is 21.8 Å². The molecule has 0 saturated carbocycles. The van der Waals surface area contributed by atoms with Gasteiger partial charge in [0.05, 0.1) is 30.7 Å². The lowest BCUT2D eigenvalue weighted by molar-refractivity contribution is 0.0583. The van der Waals surface area contributed by atoms with Crippen LogP contribution < -0.4 is 5.32 Å². The molecule has 0 spiro atoms. The molecule has 2 aromatic heterocycles. The lowest BCUT2D eigenvalue weighted by atomic mass is 10.1. The topological polar surface area (TPSA) is 145 Å². The van der Waals surface area contributed by atoms with Crippen LogP contribution in [0, 0.1) is 0 Å². The summed E-state index contributed by atoms with van der Waals surface area (Å²) in [6, 6.07) is 5.90. The number of sulfonamides is 2. The Morgan fingerprint density at radius 1 is 1.12 bits per heavy atom. The van der Waals surface area contributed by atoms with Crippen molar-refractivity contribution in [2.75, 3.05) is 51.7 Å². The normalized spacial score (nSPS) is 23.1. The minimum absolute atomic E-state index is 0.0152. The van der Waals surface area contributed by atoms with E-state index in [1.54, 1.807) is 18.2 Å². The number of aromatic nitrogens is 2. The number of rotatable bonds is 6. The highest BCUT2D eigenvalue weighted by Gasteiger charge is 2.41. The summed E-state index contributed by atoms with van der Waals surface area (Å²) in [7, 11) is -7.84. The Kier molecular flexibility index (Phi) is 7.91. The van der Waals surface area contributed by atoms with Crippen LogP contribution in [0.3, 0.4) is 0 Å². The summed E-state index contributed by atoms with van der Waals surface area (Å²) in [5, 5.41) is 4.77. The van der Waals surface area contributed by atoms with Crippen LogP contribution >= 0.6 is 22.9 Å². The number of benzene rings is 1. The summed E-state index contributed by atoms with van der Waals surface area (Å²) in [5.74, 6) is -0.784. The number of carbonyl (C=O) groups is 1. The number of aromatic amines is 1. The highest BCUT2D eigenvalue weighted by Crippen LogP contribution is 2.29. The molecule has 41 heavy (non-hydrogen) atoms. The van der Waals surface area contributed by atoms with Crippen molar-refractivity contribution in [1.29, 1.82) is 0 Å². The average molecular weight is 643 g/mol. The fourth-order valence-corrected chi connectivity index (χ4v) is 9.86. The van der Waals surface area contributed by atoms with Gasteiger partial charge in [0.2, 0.25) is 10.0 Å². The van der Waals surface area contributed by atoms with E-state index in [0.717, 1.165) is 10.6 Å². The second-order valence-electron chi connectivity index (χ2n) is 10.5. The molecule has 2 N–H and O–H groups in total. The molecule has 3 aromatic rings. The van der Waals surface area contributed by atoms with Crippen molar-refractivity contribution in [3.63, 3.8) is 0 Å². The van der Waals surface area contributed by atoms with Gasteiger partial charge in [-0.15, -0.1) is 11.3 Å². The molecule has 2 atom stereocenters. The van der Waals surface area contributed by atoms with E-state index in [-0.39, 0.29) is 62.9 Å². The number of hydrogen-bond donors (Lipinski definition) is 2. The summed E-state index contributed by atoms with van der Waals surface area (Å²) in [6.07, 6.45) is 0.704. The summed E-state index contributed by atoms with van der Waals surface area (Å²) < 4.78 is 62.3. The van der Waals surface area contributed by atoms with Crippen molar-refractivity contribution < 1.29 is 26.4 Å². The molecule has 1 amide bonds. The van der Waals surface area contributed by atoms with Gasteiger partial charge in [0.15, 0.2) is 5.01 Å². The highest BCUT2D eigenvalue weighted by atomic mass is 35.5. The quantitative estimate of drug-likeness (QED) is 0.412. The summed E-state index contributed by atoms with van der Waals surface area (Å²) in [5.41, 5.74) is 1.49. The zero-order valence-electron chi connectivity index (χ0n) is 22.4. The van der Waals surface area contributed by atoms with Gasteiger partial charge < -0.3 is 19.9 Å². The van der Waals surface area contributed by atoms with Gasteiger partial charge in [0.1, 0.15) is 5.03 Å².